The molecule has 0 saturated heterocycles. The van der Waals surface area contributed by atoms with Crippen molar-refractivity contribution >= 4 is 11.7 Å². The van der Waals surface area contributed by atoms with Crippen molar-refractivity contribution in [1.29, 1.82) is 0 Å². The van der Waals surface area contributed by atoms with Gasteiger partial charge in [-0.15, -0.1) is 0 Å². The van der Waals surface area contributed by atoms with Crippen molar-refractivity contribution < 1.29 is 23.9 Å². The molecule has 0 unspecified atom stereocenters. The zero-order valence-corrected chi connectivity index (χ0v) is 12.5. The smallest absolute Gasteiger partial charge is 0.309 e. The summed E-state index contributed by atoms with van der Waals surface area (Å²) in [5.74, 6) is 0.212. The molecule has 1 rings (SSSR count). The van der Waals surface area contributed by atoms with E-state index in [4.69, 9.17) is 14.2 Å². The molecule has 0 bridgehead atoms. The Kier molecular flexibility index (Phi) is 5.52. The van der Waals surface area contributed by atoms with Gasteiger partial charge in [-0.2, -0.15) is 0 Å². The van der Waals surface area contributed by atoms with E-state index in [1.807, 2.05) is 0 Å². The first-order chi connectivity index (χ1) is 9.73. The fraction of sp³-hybridized carbons (Fsp3) is 0.500. The summed E-state index contributed by atoms with van der Waals surface area (Å²) in [4.78, 5) is 21.7. The van der Waals surface area contributed by atoms with Crippen LogP contribution in [-0.2, 0) is 9.53 Å². The van der Waals surface area contributed by atoms with E-state index in [0.29, 0.717) is 5.75 Å². The molecule has 0 atom stereocenters. The maximum atomic E-state index is 11.5. The molecule has 0 aromatic heterocycles. The van der Waals surface area contributed by atoms with E-state index in [1.165, 1.54) is 25.3 Å². The molecule has 0 radical (unpaired) electrons. The third kappa shape index (κ3) is 5.68. The summed E-state index contributed by atoms with van der Waals surface area (Å²) >= 11 is 0. The summed E-state index contributed by atoms with van der Waals surface area (Å²) in [6.07, 6.45) is 0.0808. The predicted molar refractivity (Wildman–Crippen MR) is 75.6 cm³/mol. The normalized spacial score (nSPS) is 10.9. The van der Waals surface area contributed by atoms with Gasteiger partial charge in [0.25, 0.3) is 5.69 Å². The van der Waals surface area contributed by atoms with E-state index in [2.05, 4.69) is 0 Å². The number of esters is 1. The summed E-state index contributed by atoms with van der Waals surface area (Å²) in [6, 6.07) is 4.01. The topological polar surface area (TPSA) is 87.9 Å². The average molecular weight is 297 g/mol. The predicted octanol–water partition coefficient (Wildman–Crippen LogP) is 2.71. The number of nitrogens with zero attached hydrogens (tertiary/aromatic N) is 1. The van der Waals surface area contributed by atoms with Gasteiger partial charge in [-0.05, 0) is 26.8 Å². The van der Waals surface area contributed by atoms with Crippen molar-refractivity contribution in [3.05, 3.63) is 28.3 Å². The molecule has 0 saturated carbocycles. The van der Waals surface area contributed by atoms with Crippen LogP contribution >= 0.6 is 0 Å². The van der Waals surface area contributed by atoms with E-state index >= 15 is 0 Å². The van der Waals surface area contributed by atoms with Crippen LogP contribution in [0.2, 0.25) is 0 Å². The van der Waals surface area contributed by atoms with Gasteiger partial charge in [0.05, 0.1) is 31.1 Å². The molecule has 0 N–H and O–H groups in total. The largest absolute Gasteiger partial charge is 0.493 e. The van der Waals surface area contributed by atoms with Gasteiger partial charge >= 0.3 is 5.97 Å². The van der Waals surface area contributed by atoms with Crippen molar-refractivity contribution in [2.24, 2.45) is 0 Å². The number of ether oxygens (including phenoxy) is 3. The van der Waals surface area contributed by atoms with Crippen LogP contribution in [-0.4, -0.2) is 30.2 Å². The Morgan fingerprint density at radius 2 is 1.95 bits per heavy atom. The van der Waals surface area contributed by atoms with Gasteiger partial charge in [0.1, 0.15) is 5.60 Å². The Morgan fingerprint density at radius 3 is 2.48 bits per heavy atom. The minimum Gasteiger partial charge on any atom is -0.493 e. The van der Waals surface area contributed by atoms with Gasteiger partial charge < -0.3 is 14.2 Å². The first-order valence-electron chi connectivity index (χ1n) is 6.40. The highest BCUT2D eigenvalue weighted by Crippen LogP contribution is 2.31. The van der Waals surface area contributed by atoms with Crippen molar-refractivity contribution in [3.63, 3.8) is 0 Å². The number of nitro groups is 1. The lowest BCUT2D eigenvalue weighted by Gasteiger charge is -2.19. The minimum atomic E-state index is -0.540. The first kappa shape index (κ1) is 16.7. The van der Waals surface area contributed by atoms with Gasteiger partial charge in [0, 0.05) is 6.07 Å². The highest BCUT2D eigenvalue weighted by Gasteiger charge is 2.17. The molecule has 0 aliphatic heterocycles. The summed E-state index contributed by atoms with van der Waals surface area (Å²) in [7, 11) is 1.39. The number of hydrogen-bond donors (Lipinski definition) is 0. The number of non-ortho nitro benzene ring substituents is 1. The number of methoxy groups -OCH3 is 1. The highest BCUT2D eigenvalue weighted by atomic mass is 16.6. The quantitative estimate of drug-likeness (QED) is 0.455. The van der Waals surface area contributed by atoms with Crippen LogP contribution in [0.1, 0.15) is 27.2 Å². The molecule has 0 amide bonds. The fourth-order valence-corrected chi connectivity index (χ4v) is 1.53. The van der Waals surface area contributed by atoms with Crippen LogP contribution < -0.4 is 9.47 Å². The van der Waals surface area contributed by atoms with Gasteiger partial charge in [-0.3, -0.25) is 14.9 Å². The van der Waals surface area contributed by atoms with E-state index in [-0.39, 0.29) is 30.4 Å². The molecule has 0 heterocycles. The number of nitro benzene ring substituents is 1. The second kappa shape index (κ2) is 6.92. The first-order valence-corrected chi connectivity index (χ1v) is 6.40. The Hall–Kier alpha value is -2.31. The summed E-state index contributed by atoms with van der Waals surface area (Å²) < 4.78 is 15.6. The SMILES string of the molecule is COc1cc([N+](=O)[O-])ccc1OCCC(=O)OC(C)(C)C. The fourth-order valence-electron chi connectivity index (χ4n) is 1.53. The zero-order valence-electron chi connectivity index (χ0n) is 12.5. The lowest BCUT2D eigenvalue weighted by Crippen LogP contribution is -2.24. The third-order valence-electron chi connectivity index (χ3n) is 2.34. The standard InChI is InChI=1S/C14H19NO6/c1-14(2,3)21-13(16)7-8-20-11-6-5-10(15(17)18)9-12(11)19-4/h5-6,9H,7-8H2,1-4H3. The van der Waals surface area contributed by atoms with Crippen LogP contribution in [0, 0.1) is 10.1 Å². The van der Waals surface area contributed by atoms with Gasteiger partial charge in [-0.1, -0.05) is 0 Å². The molecule has 7 nitrogen and oxygen atoms in total. The third-order valence-corrected chi connectivity index (χ3v) is 2.34. The molecule has 7 heteroatoms. The Morgan fingerprint density at radius 1 is 1.29 bits per heavy atom. The van der Waals surface area contributed by atoms with E-state index in [0.717, 1.165) is 0 Å². The molecular formula is C14H19NO6. The monoisotopic (exact) mass is 297 g/mol. The summed E-state index contributed by atoms with van der Waals surface area (Å²) in [5.41, 5.74) is -0.631. The van der Waals surface area contributed by atoms with Crippen LogP contribution in [0.5, 0.6) is 11.5 Å². The Labute approximate surface area is 123 Å². The lowest BCUT2D eigenvalue weighted by atomic mass is 10.2. The molecule has 116 valence electrons. The van der Waals surface area contributed by atoms with Crippen LogP contribution in [0.25, 0.3) is 0 Å². The number of benzene rings is 1. The number of carbonyl (C=O) groups is 1. The van der Waals surface area contributed by atoms with Crippen LogP contribution in [0.4, 0.5) is 5.69 Å². The van der Waals surface area contributed by atoms with Gasteiger partial charge in [0.2, 0.25) is 0 Å². The second-order valence-electron chi connectivity index (χ2n) is 5.28. The molecule has 1 aromatic carbocycles. The maximum Gasteiger partial charge on any atom is 0.309 e. The number of hydrogen-bond acceptors (Lipinski definition) is 6. The van der Waals surface area contributed by atoms with Crippen LogP contribution in [0.3, 0.4) is 0 Å². The highest BCUT2D eigenvalue weighted by molar-refractivity contribution is 5.70. The zero-order chi connectivity index (χ0) is 16.0. The van der Waals surface area contributed by atoms with E-state index in [1.54, 1.807) is 20.8 Å². The summed E-state index contributed by atoms with van der Waals surface area (Å²) in [6.45, 7) is 5.45. The van der Waals surface area contributed by atoms with Gasteiger partial charge in [0.15, 0.2) is 11.5 Å². The molecule has 0 spiro atoms. The van der Waals surface area contributed by atoms with E-state index in [9.17, 15) is 14.9 Å². The second-order valence-corrected chi connectivity index (χ2v) is 5.28. The summed E-state index contributed by atoms with van der Waals surface area (Å²) in [5, 5.41) is 10.7. The van der Waals surface area contributed by atoms with Crippen molar-refractivity contribution in [1.82, 2.24) is 0 Å². The Balaban J connectivity index is 2.60. The molecule has 0 fully saturated rings. The molecular weight excluding hydrogens is 278 g/mol. The van der Waals surface area contributed by atoms with E-state index < -0.39 is 10.5 Å². The lowest BCUT2D eigenvalue weighted by molar-refractivity contribution is -0.385. The van der Waals surface area contributed by atoms with Crippen molar-refractivity contribution in [2.45, 2.75) is 32.8 Å². The van der Waals surface area contributed by atoms with Gasteiger partial charge in [-0.25, -0.2) is 0 Å². The van der Waals surface area contributed by atoms with Crippen molar-refractivity contribution in [2.75, 3.05) is 13.7 Å². The molecule has 0 aliphatic carbocycles. The van der Waals surface area contributed by atoms with Crippen LogP contribution in [0.15, 0.2) is 18.2 Å². The minimum absolute atomic E-state index is 0.0808. The Bertz CT molecular complexity index is 521. The maximum absolute atomic E-state index is 11.5. The molecule has 1 aromatic rings. The van der Waals surface area contributed by atoms with Crippen molar-refractivity contribution in [3.8, 4) is 11.5 Å². The molecule has 21 heavy (non-hydrogen) atoms. The molecule has 0 aliphatic rings. The average Bonchev–Trinajstić information content (AvgIpc) is 2.36. The number of rotatable bonds is 6. The number of carbonyl (C=O) groups excluding carboxylic acids is 1.